The molecule has 2 N–H and O–H groups in total. The van der Waals surface area contributed by atoms with Crippen molar-refractivity contribution >= 4 is 33.3 Å². The fourth-order valence-corrected chi connectivity index (χ4v) is 3.23. The Balaban J connectivity index is 1.73. The van der Waals surface area contributed by atoms with Crippen LogP contribution in [-0.2, 0) is 4.79 Å². The summed E-state index contributed by atoms with van der Waals surface area (Å²) in [4.78, 5) is 15.3. The Morgan fingerprint density at radius 1 is 1.26 bits per heavy atom. The van der Waals surface area contributed by atoms with Crippen LogP contribution in [0.5, 0.6) is 0 Å². The summed E-state index contributed by atoms with van der Waals surface area (Å²) in [5.41, 5.74) is 5.22. The molecule has 3 rings (SSSR count). The van der Waals surface area contributed by atoms with Gasteiger partial charge < -0.3 is 10.6 Å². The number of piperazine rings is 1. The molecule has 6 heteroatoms. The van der Waals surface area contributed by atoms with E-state index in [0.717, 1.165) is 32.0 Å². The zero-order chi connectivity index (χ0) is 13.2. The van der Waals surface area contributed by atoms with Gasteiger partial charge in [-0.15, -0.1) is 0 Å². The Morgan fingerprint density at radius 3 is 2.74 bits per heavy atom. The van der Waals surface area contributed by atoms with Gasteiger partial charge in [-0.05, 0) is 23.7 Å². The summed E-state index contributed by atoms with van der Waals surface area (Å²) >= 11 is 1.54. The van der Waals surface area contributed by atoms with Crippen molar-refractivity contribution < 1.29 is 4.79 Å². The third kappa shape index (κ3) is 2.54. The number of hydrogen-bond donors (Lipinski definition) is 1. The second-order valence-electron chi connectivity index (χ2n) is 4.73. The fourth-order valence-electron chi connectivity index (χ4n) is 2.44. The Labute approximate surface area is 115 Å². The Kier molecular flexibility index (Phi) is 3.35. The SMILES string of the molecule is NC(=O)CN1CCN(c2nsc3ccccc23)CC1. The molecule has 1 amide bonds. The molecule has 0 radical (unpaired) electrons. The first kappa shape index (κ1) is 12.4. The standard InChI is InChI=1S/C13H16N4OS/c14-12(18)9-16-5-7-17(8-6-16)13-10-3-1-2-4-11(10)19-15-13/h1-4H,5-9H2,(H2,14,18). The highest BCUT2D eigenvalue weighted by Crippen LogP contribution is 2.29. The molecule has 0 saturated carbocycles. The second kappa shape index (κ2) is 5.14. The molecule has 0 atom stereocenters. The molecule has 1 aliphatic heterocycles. The maximum Gasteiger partial charge on any atom is 0.231 e. The first-order valence-corrected chi connectivity index (χ1v) is 7.11. The third-order valence-corrected chi connectivity index (χ3v) is 4.23. The molecule has 5 nitrogen and oxygen atoms in total. The molecule has 0 spiro atoms. The average molecular weight is 276 g/mol. The maximum atomic E-state index is 10.9. The van der Waals surface area contributed by atoms with Crippen LogP contribution in [0.25, 0.3) is 10.1 Å². The molecule has 0 unspecified atom stereocenters. The summed E-state index contributed by atoms with van der Waals surface area (Å²) in [5, 5.41) is 1.22. The third-order valence-electron chi connectivity index (χ3n) is 3.41. The van der Waals surface area contributed by atoms with Gasteiger partial charge in [0.05, 0.1) is 11.2 Å². The van der Waals surface area contributed by atoms with E-state index >= 15 is 0 Å². The molecular formula is C13H16N4OS. The van der Waals surface area contributed by atoms with Crippen LogP contribution in [0.1, 0.15) is 0 Å². The molecule has 2 heterocycles. The second-order valence-corrected chi connectivity index (χ2v) is 5.54. The lowest BCUT2D eigenvalue weighted by Gasteiger charge is -2.34. The molecule has 0 aliphatic carbocycles. The molecule has 100 valence electrons. The van der Waals surface area contributed by atoms with Crippen molar-refractivity contribution in [1.82, 2.24) is 9.27 Å². The van der Waals surface area contributed by atoms with Crippen LogP contribution in [-0.4, -0.2) is 47.9 Å². The summed E-state index contributed by atoms with van der Waals surface area (Å²) in [7, 11) is 0. The van der Waals surface area contributed by atoms with Gasteiger partial charge in [-0.1, -0.05) is 12.1 Å². The summed E-state index contributed by atoms with van der Waals surface area (Å²) in [6.45, 7) is 3.84. The number of fused-ring (bicyclic) bond motifs is 1. The molecular weight excluding hydrogens is 260 g/mol. The number of benzene rings is 1. The van der Waals surface area contributed by atoms with Gasteiger partial charge in [-0.2, -0.15) is 4.37 Å². The topological polar surface area (TPSA) is 62.5 Å². The lowest BCUT2D eigenvalue weighted by atomic mass is 10.2. The highest BCUT2D eigenvalue weighted by Gasteiger charge is 2.21. The van der Waals surface area contributed by atoms with Crippen molar-refractivity contribution in [2.45, 2.75) is 0 Å². The van der Waals surface area contributed by atoms with Crippen LogP contribution in [0.15, 0.2) is 24.3 Å². The number of hydrogen-bond acceptors (Lipinski definition) is 5. The van der Waals surface area contributed by atoms with Crippen LogP contribution in [0.2, 0.25) is 0 Å². The van der Waals surface area contributed by atoms with Crippen LogP contribution >= 0.6 is 11.5 Å². The van der Waals surface area contributed by atoms with E-state index in [-0.39, 0.29) is 5.91 Å². The van der Waals surface area contributed by atoms with E-state index in [1.165, 1.54) is 21.6 Å². The molecule has 1 aliphatic rings. The van der Waals surface area contributed by atoms with E-state index in [2.05, 4.69) is 26.3 Å². The van der Waals surface area contributed by atoms with Gasteiger partial charge in [-0.25, -0.2) is 0 Å². The number of carbonyl (C=O) groups is 1. The van der Waals surface area contributed by atoms with Crippen molar-refractivity contribution in [2.75, 3.05) is 37.6 Å². The van der Waals surface area contributed by atoms with Gasteiger partial charge in [0.2, 0.25) is 5.91 Å². The van der Waals surface area contributed by atoms with Crippen LogP contribution in [0.4, 0.5) is 5.82 Å². The maximum absolute atomic E-state index is 10.9. The number of rotatable bonds is 3. The number of amides is 1. The molecule has 19 heavy (non-hydrogen) atoms. The highest BCUT2D eigenvalue weighted by molar-refractivity contribution is 7.13. The molecule has 1 aromatic heterocycles. The molecule has 0 bridgehead atoms. The van der Waals surface area contributed by atoms with Gasteiger partial charge in [0.25, 0.3) is 0 Å². The number of carbonyl (C=O) groups excluding carboxylic acids is 1. The van der Waals surface area contributed by atoms with E-state index in [9.17, 15) is 4.79 Å². The Morgan fingerprint density at radius 2 is 2.00 bits per heavy atom. The van der Waals surface area contributed by atoms with Crippen LogP contribution < -0.4 is 10.6 Å². The molecule has 1 aromatic carbocycles. The van der Waals surface area contributed by atoms with Gasteiger partial charge in [0.1, 0.15) is 5.82 Å². The molecule has 1 fully saturated rings. The largest absolute Gasteiger partial charge is 0.369 e. The Hall–Kier alpha value is -1.66. The van der Waals surface area contributed by atoms with E-state index in [4.69, 9.17) is 5.73 Å². The number of nitrogens with zero attached hydrogens (tertiary/aromatic N) is 3. The quantitative estimate of drug-likeness (QED) is 0.905. The molecule has 2 aromatic rings. The minimum absolute atomic E-state index is 0.257. The van der Waals surface area contributed by atoms with Gasteiger partial charge in [0.15, 0.2) is 0 Å². The van der Waals surface area contributed by atoms with Crippen molar-refractivity contribution in [3.8, 4) is 0 Å². The molecule has 1 saturated heterocycles. The predicted molar refractivity (Wildman–Crippen MR) is 77.5 cm³/mol. The zero-order valence-electron chi connectivity index (χ0n) is 10.6. The van der Waals surface area contributed by atoms with Crippen LogP contribution in [0, 0.1) is 0 Å². The number of nitrogens with two attached hydrogens (primary N) is 1. The average Bonchev–Trinajstić information content (AvgIpc) is 2.83. The lowest BCUT2D eigenvalue weighted by molar-refractivity contribution is -0.119. The van der Waals surface area contributed by atoms with E-state index < -0.39 is 0 Å². The lowest BCUT2D eigenvalue weighted by Crippen LogP contribution is -2.49. The normalized spacial score (nSPS) is 16.9. The van der Waals surface area contributed by atoms with E-state index in [1.807, 2.05) is 12.1 Å². The van der Waals surface area contributed by atoms with E-state index in [1.54, 1.807) is 0 Å². The number of primary amides is 1. The smallest absolute Gasteiger partial charge is 0.231 e. The summed E-state index contributed by atoms with van der Waals surface area (Å²) in [5.74, 6) is 0.812. The van der Waals surface area contributed by atoms with Gasteiger partial charge >= 0.3 is 0 Å². The Bertz CT molecular complexity index is 589. The predicted octanol–water partition coefficient (Wildman–Crippen LogP) is 0.904. The van der Waals surface area contributed by atoms with Crippen molar-refractivity contribution in [3.05, 3.63) is 24.3 Å². The zero-order valence-corrected chi connectivity index (χ0v) is 11.4. The fraction of sp³-hybridized carbons (Fsp3) is 0.385. The van der Waals surface area contributed by atoms with Gasteiger partial charge in [-0.3, -0.25) is 9.69 Å². The van der Waals surface area contributed by atoms with E-state index in [0.29, 0.717) is 6.54 Å². The number of anilines is 1. The van der Waals surface area contributed by atoms with Crippen molar-refractivity contribution in [1.29, 1.82) is 0 Å². The minimum Gasteiger partial charge on any atom is -0.369 e. The van der Waals surface area contributed by atoms with Crippen molar-refractivity contribution in [2.24, 2.45) is 5.73 Å². The minimum atomic E-state index is -0.257. The van der Waals surface area contributed by atoms with Crippen molar-refractivity contribution in [3.63, 3.8) is 0 Å². The summed E-state index contributed by atoms with van der Waals surface area (Å²) < 4.78 is 5.78. The number of aromatic nitrogens is 1. The summed E-state index contributed by atoms with van der Waals surface area (Å²) in [6, 6.07) is 8.29. The first-order valence-electron chi connectivity index (χ1n) is 6.34. The highest BCUT2D eigenvalue weighted by atomic mass is 32.1. The van der Waals surface area contributed by atoms with Crippen LogP contribution in [0.3, 0.4) is 0 Å². The first-order chi connectivity index (χ1) is 9.24. The monoisotopic (exact) mass is 276 g/mol. The summed E-state index contributed by atoms with van der Waals surface area (Å²) in [6.07, 6.45) is 0. The van der Waals surface area contributed by atoms with Gasteiger partial charge in [0, 0.05) is 31.6 Å².